The summed E-state index contributed by atoms with van der Waals surface area (Å²) < 4.78 is 10.3. The number of benzene rings is 1. The quantitative estimate of drug-likeness (QED) is 0.478. The Bertz CT molecular complexity index is 634. The summed E-state index contributed by atoms with van der Waals surface area (Å²) in [4.78, 5) is 18.1. The molecule has 0 unspecified atom stereocenters. The van der Waals surface area contributed by atoms with Crippen LogP contribution in [0.1, 0.15) is 0 Å². The van der Waals surface area contributed by atoms with E-state index in [0.717, 1.165) is 0 Å². The Morgan fingerprint density at radius 3 is 2.80 bits per heavy atom. The van der Waals surface area contributed by atoms with Gasteiger partial charge in [0.15, 0.2) is 0 Å². The monoisotopic (exact) mass is 277 g/mol. The minimum atomic E-state index is -0.568. The van der Waals surface area contributed by atoms with Gasteiger partial charge in [-0.15, -0.1) is 0 Å². The number of nitrogens with zero attached hydrogens (tertiary/aromatic N) is 3. The number of aromatic nitrogens is 2. The Hall–Kier alpha value is -2.94. The van der Waals surface area contributed by atoms with E-state index in [1.165, 1.54) is 31.6 Å². The Labute approximate surface area is 113 Å². The van der Waals surface area contributed by atoms with E-state index in [2.05, 4.69) is 15.4 Å². The van der Waals surface area contributed by atoms with E-state index in [4.69, 9.17) is 15.3 Å². The smallest absolute Gasteiger partial charge is 0.315 e. The maximum atomic E-state index is 11.0. The number of nitrogens with one attached hydrogen (secondary N) is 1. The summed E-state index contributed by atoms with van der Waals surface area (Å²) in [5.41, 5.74) is 2.09. The zero-order valence-corrected chi connectivity index (χ0v) is 10.4. The van der Waals surface area contributed by atoms with Crippen molar-refractivity contribution in [1.29, 1.82) is 0 Å². The lowest BCUT2D eigenvalue weighted by molar-refractivity contribution is -0.385. The number of anilines is 1. The molecule has 0 aliphatic heterocycles. The van der Waals surface area contributed by atoms with Gasteiger partial charge in [0, 0.05) is 6.07 Å². The molecule has 0 amide bonds. The van der Waals surface area contributed by atoms with Crippen LogP contribution in [0.25, 0.3) is 0 Å². The molecule has 0 spiro atoms. The summed E-state index contributed by atoms with van der Waals surface area (Å²) in [7, 11) is 1.42. The van der Waals surface area contributed by atoms with Crippen molar-refractivity contribution in [3.63, 3.8) is 0 Å². The fourth-order valence-electron chi connectivity index (χ4n) is 1.44. The number of hydrogen-bond donors (Lipinski definition) is 2. The molecule has 104 valence electrons. The van der Waals surface area contributed by atoms with E-state index in [-0.39, 0.29) is 17.3 Å². The van der Waals surface area contributed by atoms with Crippen LogP contribution in [0.15, 0.2) is 30.6 Å². The third kappa shape index (κ3) is 2.90. The molecule has 9 nitrogen and oxygen atoms in total. The first kappa shape index (κ1) is 13.5. The largest absolute Gasteiger partial charge is 0.496 e. The lowest BCUT2D eigenvalue weighted by Gasteiger charge is -2.07. The van der Waals surface area contributed by atoms with Gasteiger partial charge in [0.25, 0.3) is 0 Å². The molecule has 2 rings (SSSR count). The highest BCUT2D eigenvalue weighted by Crippen LogP contribution is 2.33. The SMILES string of the molecule is COc1ccc(Oc2cc(NN)ncn2)c([N+](=O)[O-])c1. The highest BCUT2D eigenvalue weighted by molar-refractivity contribution is 5.52. The van der Waals surface area contributed by atoms with Crippen molar-refractivity contribution in [2.75, 3.05) is 12.5 Å². The molecule has 0 bridgehead atoms. The molecule has 1 aromatic carbocycles. The van der Waals surface area contributed by atoms with Crippen LogP contribution >= 0.6 is 0 Å². The van der Waals surface area contributed by atoms with Gasteiger partial charge in [-0.1, -0.05) is 0 Å². The fourth-order valence-corrected chi connectivity index (χ4v) is 1.44. The average molecular weight is 277 g/mol. The third-order valence-corrected chi connectivity index (χ3v) is 2.37. The van der Waals surface area contributed by atoms with Gasteiger partial charge in [-0.3, -0.25) is 10.1 Å². The van der Waals surface area contributed by atoms with Crippen molar-refractivity contribution in [3.05, 3.63) is 40.7 Å². The molecule has 3 N–H and O–H groups in total. The number of nitrogen functional groups attached to an aromatic ring is 1. The molecule has 9 heteroatoms. The van der Waals surface area contributed by atoms with Gasteiger partial charge in [-0.25, -0.2) is 15.8 Å². The van der Waals surface area contributed by atoms with Crippen LogP contribution in [0.2, 0.25) is 0 Å². The number of hydrogen-bond acceptors (Lipinski definition) is 8. The summed E-state index contributed by atoms with van der Waals surface area (Å²) >= 11 is 0. The summed E-state index contributed by atoms with van der Waals surface area (Å²) in [5, 5.41) is 11.0. The van der Waals surface area contributed by atoms with Gasteiger partial charge < -0.3 is 14.9 Å². The third-order valence-electron chi connectivity index (χ3n) is 2.37. The molecule has 20 heavy (non-hydrogen) atoms. The number of hydrazine groups is 1. The molecule has 1 heterocycles. The number of ether oxygens (including phenoxy) is 2. The number of methoxy groups -OCH3 is 1. The molecule has 0 saturated carbocycles. The van der Waals surface area contributed by atoms with E-state index in [1.807, 2.05) is 0 Å². The second-order valence-electron chi connectivity index (χ2n) is 3.58. The molecule has 0 fully saturated rings. The van der Waals surface area contributed by atoms with Crippen LogP contribution in [0.4, 0.5) is 11.5 Å². The summed E-state index contributed by atoms with van der Waals surface area (Å²) in [5.74, 6) is 6.06. The topological polar surface area (TPSA) is 125 Å². The Morgan fingerprint density at radius 2 is 2.15 bits per heavy atom. The van der Waals surface area contributed by atoms with Gasteiger partial charge in [0.1, 0.15) is 17.9 Å². The minimum absolute atomic E-state index is 0.0393. The maximum absolute atomic E-state index is 11.0. The van der Waals surface area contributed by atoms with E-state index in [9.17, 15) is 10.1 Å². The highest BCUT2D eigenvalue weighted by atomic mass is 16.6. The zero-order chi connectivity index (χ0) is 14.5. The summed E-state index contributed by atoms with van der Waals surface area (Å²) in [6.07, 6.45) is 1.22. The van der Waals surface area contributed by atoms with Gasteiger partial charge in [0.05, 0.1) is 18.1 Å². The van der Waals surface area contributed by atoms with Gasteiger partial charge in [-0.2, -0.15) is 0 Å². The minimum Gasteiger partial charge on any atom is -0.496 e. The summed E-state index contributed by atoms with van der Waals surface area (Å²) in [6, 6.07) is 5.65. The van der Waals surface area contributed by atoms with Crippen molar-refractivity contribution >= 4 is 11.5 Å². The number of nitrogens with two attached hydrogens (primary N) is 1. The first-order valence-corrected chi connectivity index (χ1v) is 5.43. The molecule has 0 aliphatic rings. The zero-order valence-electron chi connectivity index (χ0n) is 10.4. The maximum Gasteiger partial charge on any atom is 0.315 e. The molecule has 0 atom stereocenters. The van der Waals surface area contributed by atoms with Gasteiger partial charge in [-0.05, 0) is 12.1 Å². The van der Waals surface area contributed by atoms with E-state index in [1.54, 1.807) is 6.07 Å². The van der Waals surface area contributed by atoms with E-state index < -0.39 is 4.92 Å². The molecular weight excluding hydrogens is 266 g/mol. The number of nitro benzene ring substituents is 1. The first-order chi connectivity index (χ1) is 9.63. The van der Waals surface area contributed by atoms with Crippen molar-refractivity contribution in [2.45, 2.75) is 0 Å². The normalized spacial score (nSPS) is 9.90. The van der Waals surface area contributed by atoms with Crippen molar-refractivity contribution in [2.24, 2.45) is 5.84 Å². The lowest BCUT2D eigenvalue weighted by Crippen LogP contribution is -2.08. The van der Waals surface area contributed by atoms with E-state index >= 15 is 0 Å². The van der Waals surface area contributed by atoms with Crippen LogP contribution < -0.4 is 20.7 Å². The molecular formula is C11H11N5O4. The van der Waals surface area contributed by atoms with Crippen LogP contribution in [0.5, 0.6) is 17.4 Å². The summed E-state index contributed by atoms with van der Waals surface area (Å²) in [6.45, 7) is 0. The van der Waals surface area contributed by atoms with Gasteiger partial charge >= 0.3 is 5.69 Å². The Kier molecular flexibility index (Phi) is 3.91. The second kappa shape index (κ2) is 5.80. The molecule has 0 radical (unpaired) electrons. The Morgan fingerprint density at radius 1 is 1.35 bits per heavy atom. The first-order valence-electron chi connectivity index (χ1n) is 5.43. The van der Waals surface area contributed by atoms with Crippen LogP contribution in [-0.4, -0.2) is 22.0 Å². The molecule has 1 aromatic heterocycles. The van der Waals surface area contributed by atoms with Crippen molar-refractivity contribution < 1.29 is 14.4 Å². The van der Waals surface area contributed by atoms with Crippen molar-refractivity contribution in [3.8, 4) is 17.4 Å². The lowest BCUT2D eigenvalue weighted by atomic mass is 10.3. The van der Waals surface area contributed by atoms with Crippen LogP contribution in [0.3, 0.4) is 0 Å². The second-order valence-corrected chi connectivity index (χ2v) is 3.58. The van der Waals surface area contributed by atoms with E-state index in [0.29, 0.717) is 11.6 Å². The number of rotatable bonds is 5. The number of nitro groups is 1. The highest BCUT2D eigenvalue weighted by Gasteiger charge is 2.17. The van der Waals surface area contributed by atoms with Crippen molar-refractivity contribution in [1.82, 2.24) is 9.97 Å². The van der Waals surface area contributed by atoms with Crippen LogP contribution in [-0.2, 0) is 0 Å². The van der Waals surface area contributed by atoms with Gasteiger partial charge in [0.2, 0.25) is 11.6 Å². The molecule has 2 aromatic rings. The fraction of sp³-hybridized carbons (Fsp3) is 0.0909. The van der Waals surface area contributed by atoms with Crippen LogP contribution in [0, 0.1) is 10.1 Å². The predicted molar refractivity (Wildman–Crippen MR) is 69.6 cm³/mol. The molecule has 0 saturated heterocycles. The standard InChI is InChI=1S/C11H11N5O4/c1-19-7-2-3-9(8(4-7)16(17)18)20-11-5-10(15-12)13-6-14-11/h2-6H,12H2,1H3,(H,13,14,15). The Balaban J connectivity index is 2.34. The molecule has 0 aliphatic carbocycles. The predicted octanol–water partition coefficient (Wildman–Crippen LogP) is 1.47. The average Bonchev–Trinajstić information content (AvgIpc) is 2.47.